The van der Waals surface area contributed by atoms with Crippen LogP contribution in [0.2, 0.25) is 0 Å². The maximum atomic E-state index is 11.3. The Morgan fingerprint density at radius 2 is 2.06 bits per heavy atom. The summed E-state index contributed by atoms with van der Waals surface area (Å²) in [6, 6.07) is -0.541. The molecule has 0 radical (unpaired) electrons. The normalized spacial score (nSPS) is 19.1. The van der Waals surface area contributed by atoms with Crippen LogP contribution in [-0.4, -0.2) is 55.6 Å². The van der Waals surface area contributed by atoms with Crippen molar-refractivity contribution in [1.82, 2.24) is 10.2 Å². The van der Waals surface area contributed by atoms with Gasteiger partial charge >= 0.3 is 5.97 Å². The molecule has 1 saturated heterocycles. The molecule has 16 heavy (non-hydrogen) atoms. The van der Waals surface area contributed by atoms with Crippen molar-refractivity contribution in [2.75, 3.05) is 32.8 Å². The van der Waals surface area contributed by atoms with Gasteiger partial charge in [-0.25, -0.2) is 0 Å². The summed E-state index contributed by atoms with van der Waals surface area (Å²) in [5.41, 5.74) is 5.30. The lowest BCUT2D eigenvalue weighted by atomic mass is 10.1. The van der Waals surface area contributed by atoms with Crippen LogP contribution in [0.3, 0.4) is 0 Å². The number of carbonyl (C=O) groups is 2. The molecule has 0 saturated carbocycles. The Kier molecular flexibility index (Phi) is 5.21. The van der Waals surface area contributed by atoms with Crippen molar-refractivity contribution in [3.63, 3.8) is 0 Å². The molecule has 1 fully saturated rings. The van der Waals surface area contributed by atoms with Crippen LogP contribution in [0.4, 0.5) is 0 Å². The maximum absolute atomic E-state index is 11.3. The fraction of sp³-hybridized carbons (Fsp3) is 0.800. The first-order valence-corrected chi connectivity index (χ1v) is 5.55. The van der Waals surface area contributed by atoms with Gasteiger partial charge in [-0.2, -0.15) is 0 Å². The lowest BCUT2D eigenvalue weighted by Crippen LogP contribution is -2.53. The molecule has 1 unspecified atom stereocenters. The number of hydrogen-bond donors (Lipinski definition) is 2. The van der Waals surface area contributed by atoms with Gasteiger partial charge in [0.25, 0.3) is 0 Å². The Labute approximate surface area is 95.1 Å². The molecule has 1 rings (SSSR count). The molecule has 6 heteroatoms. The highest BCUT2D eigenvalue weighted by Gasteiger charge is 2.27. The van der Waals surface area contributed by atoms with E-state index in [1.54, 1.807) is 6.92 Å². The number of primary amides is 1. The van der Waals surface area contributed by atoms with Crippen molar-refractivity contribution in [2.24, 2.45) is 5.73 Å². The Morgan fingerprint density at radius 3 is 2.56 bits per heavy atom. The summed E-state index contributed by atoms with van der Waals surface area (Å²) in [5, 5.41) is 3.18. The standard InChI is InChI=1S/C10H19N3O3/c1-2-16-9(14)7-8(10(11)15)13-5-3-12-4-6-13/h8,12H,2-7H2,1H3,(H2,11,15). The molecule has 1 heterocycles. The van der Waals surface area contributed by atoms with Gasteiger partial charge in [-0.1, -0.05) is 0 Å². The van der Waals surface area contributed by atoms with Gasteiger partial charge < -0.3 is 15.8 Å². The van der Waals surface area contributed by atoms with Crippen molar-refractivity contribution in [3.8, 4) is 0 Å². The van der Waals surface area contributed by atoms with Crippen molar-refractivity contribution in [1.29, 1.82) is 0 Å². The monoisotopic (exact) mass is 229 g/mol. The molecule has 0 aromatic carbocycles. The van der Waals surface area contributed by atoms with E-state index in [0.717, 1.165) is 26.2 Å². The Bertz CT molecular complexity index is 250. The van der Waals surface area contributed by atoms with E-state index in [4.69, 9.17) is 10.5 Å². The molecule has 0 aromatic heterocycles. The molecule has 0 aromatic rings. The first kappa shape index (κ1) is 12.9. The van der Waals surface area contributed by atoms with Crippen LogP contribution in [0.15, 0.2) is 0 Å². The minimum atomic E-state index is -0.541. The van der Waals surface area contributed by atoms with Crippen LogP contribution in [0.5, 0.6) is 0 Å². The molecule has 3 N–H and O–H groups in total. The van der Waals surface area contributed by atoms with Crippen LogP contribution in [0.25, 0.3) is 0 Å². The second kappa shape index (κ2) is 6.44. The number of nitrogens with zero attached hydrogens (tertiary/aromatic N) is 1. The van der Waals surface area contributed by atoms with Crippen LogP contribution < -0.4 is 11.1 Å². The molecule has 1 amide bonds. The van der Waals surface area contributed by atoms with E-state index in [0.29, 0.717) is 6.61 Å². The van der Waals surface area contributed by atoms with Gasteiger partial charge in [-0.05, 0) is 6.92 Å². The zero-order valence-corrected chi connectivity index (χ0v) is 9.57. The first-order valence-electron chi connectivity index (χ1n) is 5.55. The van der Waals surface area contributed by atoms with Gasteiger partial charge in [0, 0.05) is 26.2 Å². The van der Waals surface area contributed by atoms with Crippen LogP contribution in [-0.2, 0) is 14.3 Å². The Balaban J connectivity index is 2.52. The van der Waals surface area contributed by atoms with Gasteiger partial charge in [0.2, 0.25) is 5.91 Å². The second-order valence-corrected chi connectivity index (χ2v) is 3.71. The van der Waals surface area contributed by atoms with Crippen molar-refractivity contribution in [2.45, 2.75) is 19.4 Å². The highest BCUT2D eigenvalue weighted by molar-refractivity contribution is 5.85. The summed E-state index contributed by atoms with van der Waals surface area (Å²) in [6.45, 7) is 5.15. The van der Waals surface area contributed by atoms with E-state index in [2.05, 4.69) is 5.32 Å². The fourth-order valence-corrected chi connectivity index (χ4v) is 1.78. The van der Waals surface area contributed by atoms with E-state index in [1.807, 2.05) is 4.90 Å². The number of hydrogen-bond acceptors (Lipinski definition) is 5. The number of nitrogens with two attached hydrogens (primary N) is 1. The van der Waals surface area contributed by atoms with E-state index >= 15 is 0 Å². The molecule has 0 bridgehead atoms. The molecule has 1 aliphatic rings. The third kappa shape index (κ3) is 3.79. The zero-order valence-electron chi connectivity index (χ0n) is 9.57. The number of nitrogens with one attached hydrogen (secondary N) is 1. The molecule has 1 atom stereocenters. The summed E-state index contributed by atoms with van der Waals surface area (Å²) >= 11 is 0. The zero-order chi connectivity index (χ0) is 12.0. The van der Waals surface area contributed by atoms with Crippen LogP contribution in [0, 0.1) is 0 Å². The average Bonchev–Trinajstić information content (AvgIpc) is 2.27. The van der Waals surface area contributed by atoms with Crippen molar-refractivity contribution < 1.29 is 14.3 Å². The number of rotatable bonds is 5. The second-order valence-electron chi connectivity index (χ2n) is 3.71. The molecule has 6 nitrogen and oxygen atoms in total. The SMILES string of the molecule is CCOC(=O)CC(C(N)=O)N1CCNCC1. The number of carbonyl (C=O) groups excluding carboxylic acids is 2. The number of ether oxygens (including phenoxy) is 1. The van der Waals surface area contributed by atoms with Crippen molar-refractivity contribution >= 4 is 11.9 Å². The molecular formula is C10H19N3O3. The molecule has 1 aliphatic heterocycles. The van der Waals surface area contributed by atoms with E-state index < -0.39 is 11.9 Å². The third-order valence-electron chi connectivity index (χ3n) is 2.59. The topological polar surface area (TPSA) is 84.7 Å². The van der Waals surface area contributed by atoms with E-state index in [-0.39, 0.29) is 12.4 Å². The smallest absolute Gasteiger partial charge is 0.307 e. The first-order chi connectivity index (χ1) is 7.65. The molecular weight excluding hydrogens is 210 g/mol. The van der Waals surface area contributed by atoms with Crippen LogP contribution in [0.1, 0.15) is 13.3 Å². The molecule has 0 spiro atoms. The highest BCUT2D eigenvalue weighted by atomic mass is 16.5. The summed E-state index contributed by atoms with van der Waals surface area (Å²) in [5.74, 6) is -0.834. The lowest BCUT2D eigenvalue weighted by molar-refractivity contribution is -0.146. The van der Waals surface area contributed by atoms with Crippen LogP contribution >= 0.6 is 0 Å². The summed E-state index contributed by atoms with van der Waals surface area (Å²) < 4.78 is 4.82. The van der Waals surface area contributed by atoms with Gasteiger partial charge in [-0.3, -0.25) is 14.5 Å². The Hall–Kier alpha value is -1.14. The summed E-state index contributed by atoms with van der Waals surface area (Å²) in [7, 11) is 0. The van der Waals surface area contributed by atoms with Gasteiger partial charge in [-0.15, -0.1) is 0 Å². The van der Waals surface area contributed by atoms with E-state index in [9.17, 15) is 9.59 Å². The fourth-order valence-electron chi connectivity index (χ4n) is 1.78. The number of piperazine rings is 1. The van der Waals surface area contributed by atoms with Gasteiger partial charge in [0.05, 0.1) is 19.1 Å². The minimum Gasteiger partial charge on any atom is -0.466 e. The molecule has 92 valence electrons. The Morgan fingerprint density at radius 1 is 1.44 bits per heavy atom. The lowest BCUT2D eigenvalue weighted by Gasteiger charge is -2.32. The molecule has 0 aliphatic carbocycles. The third-order valence-corrected chi connectivity index (χ3v) is 2.59. The quantitative estimate of drug-likeness (QED) is 0.572. The van der Waals surface area contributed by atoms with Crippen molar-refractivity contribution in [3.05, 3.63) is 0 Å². The van der Waals surface area contributed by atoms with E-state index in [1.165, 1.54) is 0 Å². The number of amides is 1. The predicted octanol–water partition coefficient (Wildman–Crippen LogP) is -1.30. The van der Waals surface area contributed by atoms with Gasteiger partial charge in [0.1, 0.15) is 0 Å². The predicted molar refractivity (Wildman–Crippen MR) is 58.7 cm³/mol. The number of esters is 1. The van der Waals surface area contributed by atoms with Gasteiger partial charge in [0.15, 0.2) is 0 Å². The largest absolute Gasteiger partial charge is 0.466 e. The summed E-state index contributed by atoms with van der Waals surface area (Å²) in [4.78, 5) is 24.5. The maximum Gasteiger partial charge on any atom is 0.307 e. The summed E-state index contributed by atoms with van der Waals surface area (Å²) in [6.07, 6.45) is 0.0448. The highest BCUT2D eigenvalue weighted by Crippen LogP contribution is 2.06. The average molecular weight is 229 g/mol. The minimum absolute atomic E-state index is 0.0448.